The van der Waals surface area contributed by atoms with E-state index >= 15 is 0 Å². The van der Waals surface area contributed by atoms with Crippen molar-refractivity contribution in [2.75, 3.05) is 26.8 Å². The van der Waals surface area contributed by atoms with E-state index in [1.807, 2.05) is 30.3 Å². The topological polar surface area (TPSA) is 58.6 Å². The molecule has 0 aromatic heterocycles. The van der Waals surface area contributed by atoms with Gasteiger partial charge in [-0.15, -0.1) is 0 Å². The summed E-state index contributed by atoms with van der Waals surface area (Å²) in [5.74, 6) is -0.0588. The second-order valence-corrected chi connectivity index (χ2v) is 4.87. The maximum atomic E-state index is 11.7. The molecule has 0 heterocycles. The third-order valence-corrected chi connectivity index (χ3v) is 3.12. The SMILES string of the molecule is COCCCNC(=O)CCN(Cc1ccccc1)C(C)=O. The first-order chi connectivity index (χ1) is 10.1. The van der Waals surface area contributed by atoms with Gasteiger partial charge in [0.1, 0.15) is 0 Å². The molecule has 116 valence electrons. The Balaban J connectivity index is 2.34. The van der Waals surface area contributed by atoms with E-state index in [4.69, 9.17) is 4.74 Å². The molecule has 2 amide bonds. The number of hydrogen-bond donors (Lipinski definition) is 1. The second-order valence-electron chi connectivity index (χ2n) is 4.87. The minimum absolute atomic E-state index is 0.0222. The fraction of sp³-hybridized carbons (Fsp3) is 0.500. The minimum Gasteiger partial charge on any atom is -0.385 e. The highest BCUT2D eigenvalue weighted by atomic mass is 16.5. The van der Waals surface area contributed by atoms with Gasteiger partial charge in [0.2, 0.25) is 11.8 Å². The molecule has 1 rings (SSSR count). The number of methoxy groups -OCH3 is 1. The van der Waals surface area contributed by atoms with E-state index in [0.29, 0.717) is 32.7 Å². The van der Waals surface area contributed by atoms with Gasteiger partial charge in [-0.25, -0.2) is 0 Å². The summed E-state index contributed by atoms with van der Waals surface area (Å²) < 4.78 is 4.92. The van der Waals surface area contributed by atoms with Crippen LogP contribution in [-0.2, 0) is 20.9 Å². The number of nitrogens with zero attached hydrogens (tertiary/aromatic N) is 1. The molecular formula is C16H24N2O3. The number of nitrogens with one attached hydrogen (secondary N) is 1. The highest BCUT2D eigenvalue weighted by molar-refractivity contribution is 5.77. The van der Waals surface area contributed by atoms with Gasteiger partial charge in [0.05, 0.1) is 0 Å². The summed E-state index contributed by atoms with van der Waals surface area (Å²) in [5, 5.41) is 2.82. The molecule has 0 bridgehead atoms. The Morgan fingerprint density at radius 1 is 1.24 bits per heavy atom. The molecule has 0 aliphatic carbocycles. The highest BCUT2D eigenvalue weighted by Gasteiger charge is 2.11. The number of amides is 2. The summed E-state index contributed by atoms with van der Waals surface area (Å²) in [4.78, 5) is 25.0. The average molecular weight is 292 g/mol. The molecule has 0 unspecified atom stereocenters. The van der Waals surface area contributed by atoms with Gasteiger partial charge in [-0.2, -0.15) is 0 Å². The van der Waals surface area contributed by atoms with Crippen molar-refractivity contribution >= 4 is 11.8 Å². The molecule has 21 heavy (non-hydrogen) atoms. The normalized spacial score (nSPS) is 10.2. The lowest BCUT2D eigenvalue weighted by Crippen LogP contribution is -2.34. The van der Waals surface area contributed by atoms with Crippen molar-refractivity contribution in [1.29, 1.82) is 0 Å². The van der Waals surface area contributed by atoms with Gasteiger partial charge in [-0.3, -0.25) is 9.59 Å². The Kier molecular flexibility index (Phi) is 8.12. The monoisotopic (exact) mass is 292 g/mol. The van der Waals surface area contributed by atoms with Crippen molar-refractivity contribution < 1.29 is 14.3 Å². The van der Waals surface area contributed by atoms with Crippen LogP contribution in [0.1, 0.15) is 25.3 Å². The minimum atomic E-state index is -0.0367. The molecule has 5 nitrogen and oxygen atoms in total. The highest BCUT2D eigenvalue weighted by Crippen LogP contribution is 2.05. The Labute approximate surface area is 126 Å². The summed E-state index contributed by atoms with van der Waals surface area (Å²) in [6, 6.07) is 9.77. The van der Waals surface area contributed by atoms with Crippen LogP contribution < -0.4 is 5.32 Å². The van der Waals surface area contributed by atoms with Crippen molar-refractivity contribution in [3.63, 3.8) is 0 Å². The Morgan fingerprint density at radius 2 is 1.95 bits per heavy atom. The van der Waals surface area contributed by atoms with Crippen LogP contribution in [-0.4, -0.2) is 43.5 Å². The number of carbonyl (C=O) groups excluding carboxylic acids is 2. The lowest BCUT2D eigenvalue weighted by molar-refractivity contribution is -0.130. The molecule has 1 aromatic carbocycles. The smallest absolute Gasteiger partial charge is 0.221 e. The quantitative estimate of drug-likeness (QED) is 0.703. The molecule has 0 fully saturated rings. The lowest BCUT2D eigenvalue weighted by Gasteiger charge is -2.21. The summed E-state index contributed by atoms with van der Waals surface area (Å²) >= 11 is 0. The number of carbonyl (C=O) groups is 2. The van der Waals surface area contributed by atoms with E-state index in [9.17, 15) is 9.59 Å². The van der Waals surface area contributed by atoms with Crippen LogP contribution in [0.25, 0.3) is 0 Å². The molecule has 0 atom stereocenters. The molecule has 0 radical (unpaired) electrons. The number of ether oxygens (including phenoxy) is 1. The summed E-state index contributed by atoms with van der Waals surface area (Å²) in [6.45, 7) is 3.73. The first-order valence-electron chi connectivity index (χ1n) is 7.18. The fourth-order valence-electron chi connectivity index (χ4n) is 1.92. The van der Waals surface area contributed by atoms with Crippen molar-refractivity contribution in [3.05, 3.63) is 35.9 Å². The number of benzene rings is 1. The van der Waals surface area contributed by atoms with E-state index in [1.165, 1.54) is 6.92 Å². The maximum Gasteiger partial charge on any atom is 0.221 e. The van der Waals surface area contributed by atoms with Crippen LogP contribution >= 0.6 is 0 Å². The zero-order chi connectivity index (χ0) is 15.5. The first-order valence-corrected chi connectivity index (χ1v) is 7.18. The molecule has 0 spiro atoms. The van der Waals surface area contributed by atoms with Crippen molar-refractivity contribution in [1.82, 2.24) is 10.2 Å². The first kappa shape index (κ1) is 17.2. The van der Waals surface area contributed by atoms with Gasteiger partial charge in [-0.05, 0) is 12.0 Å². The van der Waals surface area contributed by atoms with Crippen LogP contribution in [0.3, 0.4) is 0 Å². The Bertz CT molecular complexity index is 434. The van der Waals surface area contributed by atoms with Gasteiger partial charge in [0.15, 0.2) is 0 Å². The number of hydrogen-bond acceptors (Lipinski definition) is 3. The average Bonchev–Trinajstić information content (AvgIpc) is 2.48. The Hall–Kier alpha value is -1.88. The van der Waals surface area contributed by atoms with Gasteiger partial charge in [-0.1, -0.05) is 30.3 Å². The predicted octanol–water partition coefficient (Wildman–Crippen LogP) is 1.58. The summed E-state index contributed by atoms with van der Waals surface area (Å²) in [7, 11) is 1.64. The van der Waals surface area contributed by atoms with Gasteiger partial charge < -0.3 is 15.0 Å². The van der Waals surface area contributed by atoms with Crippen molar-refractivity contribution in [2.45, 2.75) is 26.3 Å². The summed E-state index contributed by atoms with van der Waals surface area (Å²) in [5.41, 5.74) is 1.06. The molecule has 0 aliphatic rings. The van der Waals surface area contributed by atoms with E-state index < -0.39 is 0 Å². The van der Waals surface area contributed by atoms with Crippen LogP contribution in [0, 0.1) is 0 Å². The molecular weight excluding hydrogens is 268 g/mol. The summed E-state index contributed by atoms with van der Waals surface area (Å²) in [6.07, 6.45) is 1.11. The van der Waals surface area contributed by atoms with Gasteiger partial charge in [0.25, 0.3) is 0 Å². The van der Waals surface area contributed by atoms with E-state index in [-0.39, 0.29) is 11.8 Å². The van der Waals surface area contributed by atoms with Crippen LogP contribution in [0.4, 0.5) is 0 Å². The molecule has 1 N–H and O–H groups in total. The van der Waals surface area contributed by atoms with E-state index in [1.54, 1.807) is 12.0 Å². The van der Waals surface area contributed by atoms with Crippen LogP contribution in [0.5, 0.6) is 0 Å². The van der Waals surface area contributed by atoms with E-state index in [0.717, 1.165) is 12.0 Å². The molecule has 0 saturated carbocycles. The zero-order valence-corrected chi connectivity index (χ0v) is 12.8. The van der Waals surface area contributed by atoms with Gasteiger partial charge in [0, 0.05) is 46.7 Å². The third-order valence-electron chi connectivity index (χ3n) is 3.12. The molecule has 0 saturated heterocycles. The maximum absolute atomic E-state index is 11.7. The largest absolute Gasteiger partial charge is 0.385 e. The second kappa shape index (κ2) is 9.94. The lowest BCUT2D eigenvalue weighted by atomic mass is 10.2. The zero-order valence-electron chi connectivity index (χ0n) is 12.8. The standard InChI is InChI=1S/C16H24N2O3/c1-14(19)18(13-15-7-4-3-5-8-15)11-9-16(20)17-10-6-12-21-2/h3-5,7-8H,6,9-13H2,1-2H3,(H,17,20). The van der Waals surface area contributed by atoms with Gasteiger partial charge >= 0.3 is 0 Å². The molecule has 5 heteroatoms. The predicted molar refractivity (Wildman–Crippen MR) is 81.7 cm³/mol. The fourth-order valence-corrected chi connectivity index (χ4v) is 1.92. The molecule has 1 aromatic rings. The van der Waals surface area contributed by atoms with Crippen LogP contribution in [0.2, 0.25) is 0 Å². The molecule has 0 aliphatic heterocycles. The van der Waals surface area contributed by atoms with Crippen molar-refractivity contribution in [3.8, 4) is 0 Å². The van der Waals surface area contributed by atoms with Crippen molar-refractivity contribution in [2.24, 2.45) is 0 Å². The van der Waals surface area contributed by atoms with Crippen LogP contribution in [0.15, 0.2) is 30.3 Å². The van der Waals surface area contributed by atoms with E-state index in [2.05, 4.69) is 5.32 Å². The Morgan fingerprint density at radius 3 is 2.57 bits per heavy atom. The number of rotatable bonds is 9. The third kappa shape index (κ3) is 7.46.